The lowest BCUT2D eigenvalue weighted by Crippen LogP contribution is -3.00. The number of halogens is 1. The number of carbonyl (C=O) groups excluding carboxylic acids is 2. The van der Waals surface area contributed by atoms with Crippen molar-refractivity contribution < 1.29 is 54.1 Å². The molecule has 66 heavy (non-hydrogen) atoms. The summed E-state index contributed by atoms with van der Waals surface area (Å²) in [6.45, 7) is 12.2. The second-order valence-corrected chi connectivity index (χ2v) is 23.9. The van der Waals surface area contributed by atoms with E-state index in [4.69, 9.17) is 18.5 Å². The number of carbonyl (C=O) groups is 2. The van der Waals surface area contributed by atoms with Gasteiger partial charge < -0.3 is 30.9 Å². The smallest absolute Gasteiger partial charge is 0.408 e. The number of hydrogen-bond acceptors (Lipinski definition) is 7. The number of unbranched alkanes of at least 4 members (excludes halogenated alkanes) is 28. The van der Waals surface area contributed by atoms with E-state index in [1.165, 1.54) is 154 Å². The fourth-order valence-electron chi connectivity index (χ4n) is 9.26. The van der Waals surface area contributed by atoms with Crippen LogP contribution in [-0.4, -0.2) is 87.8 Å². The maximum Gasteiger partial charge on any atom is 0.408 e. The number of nitrogens with zero attached hydrogens (tertiary/aromatic N) is 2. The molecule has 0 aromatic rings. The molecule has 9 nitrogen and oxygen atoms in total. The summed E-state index contributed by atoms with van der Waals surface area (Å²) in [6, 6.07) is 0. The van der Waals surface area contributed by atoms with Crippen LogP contribution in [0.2, 0.25) is 0 Å². The molecule has 0 bridgehead atoms. The summed E-state index contributed by atoms with van der Waals surface area (Å²) in [4.78, 5) is 26.3. The first-order valence-electron chi connectivity index (χ1n) is 28.0. The molecule has 1 saturated carbocycles. The minimum absolute atomic E-state index is 0. The van der Waals surface area contributed by atoms with Gasteiger partial charge in [0.05, 0.1) is 46.9 Å². The Hall–Kier alpha value is -0.510. The third-order valence-corrected chi connectivity index (χ3v) is 15.9. The Bertz CT molecular complexity index is 1190. The highest BCUT2D eigenvalue weighted by Crippen LogP contribution is 2.55. The van der Waals surface area contributed by atoms with Crippen LogP contribution in [0.3, 0.4) is 0 Å². The summed E-state index contributed by atoms with van der Waals surface area (Å²) in [5, 5.41) is 0. The zero-order valence-corrected chi connectivity index (χ0v) is 47.5. The standard InChI is InChI=1S/C55H110N2O7P.BrH/c1-10-12-14-16-18-20-22-24-26-28-30-32-34-36-38-40-54(58)61-47-51(63-55(59)41-39-37-35-33-31-29-27-25-23-21-19-17-15-13-11-2)48-62-65(60,56(6)44-45-57(7,8)9)64-53-46-50(5)42-43-52(53)49(3)4;/h49-53H,10-48H2,1-9H3;1H/q+1;/p-1/t50-,51+,52+,53-,65?;/m1./s1. The summed E-state index contributed by atoms with van der Waals surface area (Å²) >= 11 is 0. The van der Waals surface area contributed by atoms with Crippen LogP contribution < -0.4 is 17.0 Å². The average Bonchev–Trinajstić information content (AvgIpc) is 3.26. The first-order valence-corrected chi connectivity index (χ1v) is 29.5. The largest absolute Gasteiger partial charge is 1.00 e. The molecule has 0 amide bonds. The third-order valence-electron chi connectivity index (χ3n) is 13.9. The zero-order chi connectivity index (χ0) is 48.0. The number of quaternary nitrogens is 1. The second kappa shape index (κ2) is 42.2. The van der Waals surface area contributed by atoms with Crippen LogP contribution in [0, 0.1) is 17.8 Å². The van der Waals surface area contributed by atoms with Gasteiger partial charge in [-0.15, -0.1) is 0 Å². The molecule has 0 aliphatic heterocycles. The first-order chi connectivity index (χ1) is 31.2. The van der Waals surface area contributed by atoms with Gasteiger partial charge in [0.2, 0.25) is 0 Å². The molecule has 0 heterocycles. The van der Waals surface area contributed by atoms with E-state index in [0.717, 1.165) is 64.3 Å². The van der Waals surface area contributed by atoms with Crippen molar-refractivity contribution in [1.82, 2.24) is 4.67 Å². The number of likely N-dealkylation sites (N-methyl/N-ethyl adjacent to an activating group) is 2. The van der Waals surface area contributed by atoms with Gasteiger partial charge in [-0.05, 0) is 50.5 Å². The highest BCUT2D eigenvalue weighted by Gasteiger charge is 2.41. The SMILES string of the molecule is CCCCCCCCCCCCCCCCCC(=O)OC[C@@H](COP(=O)(O[C@@H]1C[C@H](C)CC[C@H]1C(C)C)N(C)CC[N+](C)(C)C)OC(=O)CCCCCCCCCCCCCCCCC.[Br-]. The van der Waals surface area contributed by atoms with Crippen molar-refractivity contribution >= 4 is 19.7 Å². The molecule has 0 saturated heterocycles. The minimum atomic E-state index is -3.82. The Morgan fingerprint density at radius 2 is 1.00 bits per heavy atom. The van der Waals surface area contributed by atoms with E-state index in [-0.39, 0.29) is 54.2 Å². The fraction of sp³-hybridized carbons (Fsp3) is 0.964. The molecular formula is C55H110BrN2O7P. The molecule has 394 valence electrons. The summed E-state index contributed by atoms with van der Waals surface area (Å²) in [6.07, 6.45) is 40.5. The van der Waals surface area contributed by atoms with Crippen molar-refractivity contribution in [2.24, 2.45) is 17.8 Å². The molecule has 0 N–H and O–H groups in total. The van der Waals surface area contributed by atoms with Crippen molar-refractivity contribution in [3.8, 4) is 0 Å². The minimum Gasteiger partial charge on any atom is -1.00 e. The number of ether oxygens (including phenoxy) is 2. The van der Waals surface area contributed by atoms with Crippen molar-refractivity contribution in [3.63, 3.8) is 0 Å². The zero-order valence-electron chi connectivity index (χ0n) is 45.0. The molecule has 0 radical (unpaired) electrons. The van der Waals surface area contributed by atoms with Crippen LogP contribution in [-0.2, 0) is 32.7 Å². The van der Waals surface area contributed by atoms with Gasteiger partial charge in [0, 0.05) is 12.8 Å². The molecule has 0 aromatic carbocycles. The van der Waals surface area contributed by atoms with Crippen molar-refractivity contribution in [3.05, 3.63) is 0 Å². The van der Waals surface area contributed by atoms with E-state index in [1.54, 1.807) is 4.67 Å². The van der Waals surface area contributed by atoms with Gasteiger partial charge >= 0.3 is 19.7 Å². The molecule has 0 aromatic heterocycles. The lowest BCUT2D eigenvalue weighted by Gasteiger charge is -2.40. The predicted molar refractivity (Wildman–Crippen MR) is 275 cm³/mol. The second-order valence-electron chi connectivity index (χ2n) is 21.8. The Kier molecular flexibility index (Phi) is 41.9. The summed E-state index contributed by atoms with van der Waals surface area (Å²) < 4.78 is 42.0. The van der Waals surface area contributed by atoms with Gasteiger partial charge in [-0.3, -0.25) is 18.6 Å². The van der Waals surface area contributed by atoms with Crippen molar-refractivity contribution in [2.45, 2.75) is 272 Å². The fourth-order valence-corrected chi connectivity index (χ4v) is 11.0. The van der Waals surface area contributed by atoms with Crippen LogP contribution in [0.1, 0.15) is 259 Å². The summed E-state index contributed by atoms with van der Waals surface area (Å²) in [7, 11) is 4.32. The van der Waals surface area contributed by atoms with E-state index in [2.05, 4.69) is 55.8 Å². The summed E-state index contributed by atoms with van der Waals surface area (Å²) in [5.74, 6) is 0.506. The number of hydrogen-bond donors (Lipinski definition) is 0. The van der Waals surface area contributed by atoms with Gasteiger partial charge in [-0.1, -0.05) is 221 Å². The molecule has 0 spiro atoms. The molecule has 1 rings (SSSR count). The van der Waals surface area contributed by atoms with Crippen molar-refractivity contribution in [2.75, 3.05) is 54.5 Å². The maximum absolute atomic E-state index is 14.9. The highest BCUT2D eigenvalue weighted by atomic mass is 79.9. The van der Waals surface area contributed by atoms with Crippen LogP contribution in [0.15, 0.2) is 0 Å². The maximum atomic E-state index is 14.9. The molecule has 1 aliphatic rings. The van der Waals surface area contributed by atoms with E-state index < -0.39 is 13.9 Å². The van der Waals surface area contributed by atoms with Gasteiger partial charge in [-0.2, -0.15) is 0 Å². The molecular weight excluding hydrogens is 911 g/mol. The van der Waals surface area contributed by atoms with Crippen LogP contribution in [0.4, 0.5) is 0 Å². The highest BCUT2D eigenvalue weighted by molar-refractivity contribution is 7.51. The Morgan fingerprint density at radius 3 is 1.39 bits per heavy atom. The monoisotopic (exact) mass is 1020 g/mol. The molecule has 11 heteroatoms. The lowest BCUT2D eigenvalue weighted by molar-refractivity contribution is -0.869. The quantitative estimate of drug-likeness (QED) is 0.0258. The topological polar surface area (TPSA) is 91.4 Å². The van der Waals surface area contributed by atoms with Gasteiger partial charge in [0.15, 0.2) is 6.10 Å². The first kappa shape index (κ1) is 65.5. The molecule has 1 fully saturated rings. The van der Waals surface area contributed by atoms with Crippen LogP contribution in [0.5, 0.6) is 0 Å². The van der Waals surface area contributed by atoms with Gasteiger partial charge in [0.25, 0.3) is 0 Å². The Labute approximate surface area is 420 Å². The normalized spacial score (nSPS) is 18.0. The summed E-state index contributed by atoms with van der Waals surface area (Å²) in [5.41, 5.74) is 0. The van der Waals surface area contributed by atoms with Gasteiger partial charge in [0.1, 0.15) is 6.61 Å². The van der Waals surface area contributed by atoms with Gasteiger partial charge in [-0.25, -0.2) is 9.24 Å². The predicted octanol–water partition coefficient (Wildman–Crippen LogP) is 13.2. The molecule has 1 aliphatic carbocycles. The number of rotatable bonds is 45. The van der Waals surface area contributed by atoms with E-state index in [0.29, 0.717) is 35.7 Å². The molecule has 5 atom stereocenters. The van der Waals surface area contributed by atoms with E-state index in [1.807, 2.05) is 7.05 Å². The Morgan fingerprint density at radius 1 is 0.606 bits per heavy atom. The van der Waals surface area contributed by atoms with E-state index >= 15 is 0 Å². The lowest BCUT2D eigenvalue weighted by atomic mass is 9.75. The number of esters is 2. The average molecular weight is 1020 g/mol. The van der Waals surface area contributed by atoms with E-state index in [9.17, 15) is 14.2 Å². The van der Waals surface area contributed by atoms with Crippen molar-refractivity contribution in [1.29, 1.82) is 0 Å². The Balaban J connectivity index is 0.0000422. The van der Waals surface area contributed by atoms with Crippen LogP contribution in [0.25, 0.3) is 0 Å². The third kappa shape index (κ3) is 36.4. The van der Waals surface area contributed by atoms with Crippen LogP contribution >= 0.6 is 7.75 Å². The molecule has 1 unspecified atom stereocenters.